The highest BCUT2D eigenvalue weighted by Crippen LogP contribution is 2.32. The van der Waals surface area contributed by atoms with Gasteiger partial charge in [-0.25, -0.2) is 9.97 Å². The summed E-state index contributed by atoms with van der Waals surface area (Å²) in [5.74, 6) is 1.62. The number of rotatable bonds is 4. The summed E-state index contributed by atoms with van der Waals surface area (Å²) in [5, 5.41) is 0. The number of fused-ring (bicyclic) bond motifs is 1. The third-order valence-corrected chi connectivity index (χ3v) is 5.88. The van der Waals surface area contributed by atoms with Crippen LogP contribution in [0, 0.1) is 0 Å². The molecule has 3 aromatic rings. The molecule has 2 fully saturated rings. The fraction of sp³-hybridized carbons (Fsp3) is 0.500. The first-order valence-electron chi connectivity index (χ1n) is 10.6. The first-order valence-corrected chi connectivity index (χ1v) is 10.6. The minimum atomic E-state index is 0.00146. The third kappa shape index (κ3) is 3.55. The summed E-state index contributed by atoms with van der Waals surface area (Å²) in [6, 6.07) is 8.00. The summed E-state index contributed by atoms with van der Waals surface area (Å²) >= 11 is 0. The second-order valence-corrected chi connectivity index (χ2v) is 7.79. The number of imidazole rings is 1. The molecule has 1 unspecified atom stereocenters. The quantitative estimate of drug-likeness (QED) is 0.662. The Hall–Kier alpha value is -2.67. The molecular formula is C22H27N5O2. The molecule has 0 aliphatic carbocycles. The van der Waals surface area contributed by atoms with Crippen LogP contribution < -0.4 is 9.64 Å². The van der Waals surface area contributed by atoms with E-state index in [1.165, 1.54) is 25.7 Å². The van der Waals surface area contributed by atoms with Crippen LogP contribution in [0.5, 0.6) is 5.75 Å². The van der Waals surface area contributed by atoms with Crippen LogP contribution in [-0.4, -0.2) is 46.3 Å². The largest absolute Gasteiger partial charge is 0.497 e. The van der Waals surface area contributed by atoms with Gasteiger partial charge in [-0.15, -0.1) is 0 Å². The molecule has 152 valence electrons. The molecule has 0 N–H and O–H groups in total. The van der Waals surface area contributed by atoms with Crippen molar-refractivity contribution >= 4 is 17.1 Å². The molecular weight excluding hydrogens is 366 g/mol. The lowest BCUT2D eigenvalue weighted by Crippen LogP contribution is -2.31. The highest BCUT2D eigenvalue weighted by atomic mass is 16.5. The maximum atomic E-state index is 6.02. The Morgan fingerprint density at radius 2 is 1.83 bits per heavy atom. The topological polar surface area (TPSA) is 65.3 Å². The van der Waals surface area contributed by atoms with Crippen molar-refractivity contribution in [3.05, 3.63) is 30.6 Å². The molecule has 1 aromatic carbocycles. The molecule has 1 atom stereocenters. The van der Waals surface area contributed by atoms with Gasteiger partial charge in [0, 0.05) is 25.3 Å². The molecule has 2 saturated heterocycles. The van der Waals surface area contributed by atoms with Crippen LogP contribution in [-0.2, 0) is 4.74 Å². The van der Waals surface area contributed by atoms with Crippen molar-refractivity contribution in [3.8, 4) is 17.0 Å². The first kappa shape index (κ1) is 18.4. The van der Waals surface area contributed by atoms with Gasteiger partial charge >= 0.3 is 0 Å². The van der Waals surface area contributed by atoms with E-state index in [1.807, 2.05) is 30.6 Å². The number of anilines is 1. The molecule has 4 heterocycles. The second kappa shape index (κ2) is 7.99. The zero-order valence-electron chi connectivity index (χ0n) is 16.9. The SMILES string of the molecule is COc1ccc(-c2nc(N3CCCCC3)nc3c2ncn3C2CCCCO2)cc1. The number of piperidine rings is 1. The standard InChI is InChI=1S/C22H27N5O2/c1-28-17-10-8-16(9-11-17)19-20-21(25-22(24-19)26-12-4-2-5-13-26)27(15-23-20)18-7-3-6-14-29-18/h8-11,15,18H,2-7,12-14H2,1H3. The summed E-state index contributed by atoms with van der Waals surface area (Å²) in [6.45, 7) is 2.79. The van der Waals surface area contributed by atoms with E-state index in [9.17, 15) is 0 Å². The average Bonchev–Trinajstić information content (AvgIpc) is 3.24. The predicted molar refractivity (Wildman–Crippen MR) is 112 cm³/mol. The number of hydrogen-bond donors (Lipinski definition) is 0. The number of benzene rings is 1. The van der Waals surface area contributed by atoms with E-state index in [0.717, 1.165) is 66.7 Å². The molecule has 0 radical (unpaired) electrons. The number of ether oxygens (including phenoxy) is 2. The lowest BCUT2D eigenvalue weighted by atomic mass is 10.1. The van der Waals surface area contributed by atoms with Gasteiger partial charge in [-0.1, -0.05) is 0 Å². The number of nitrogens with zero attached hydrogens (tertiary/aromatic N) is 5. The lowest BCUT2D eigenvalue weighted by molar-refractivity contribution is -0.0298. The average molecular weight is 393 g/mol. The Bertz CT molecular complexity index is 973. The minimum absolute atomic E-state index is 0.00146. The summed E-state index contributed by atoms with van der Waals surface area (Å²) in [4.78, 5) is 16.9. The van der Waals surface area contributed by atoms with E-state index in [-0.39, 0.29) is 6.23 Å². The van der Waals surface area contributed by atoms with E-state index in [2.05, 4.69) is 9.47 Å². The van der Waals surface area contributed by atoms with Gasteiger partial charge in [-0.05, 0) is 62.8 Å². The van der Waals surface area contributed by atoms with Gasteiger partial charge in [0.25, 0.3) is 0 Å². The van der Waals surface area contributed by atoms with Crippen LogP contribution in [0.3, 0.4) is 0 Å². The fourth-order valence-corrected chi connectivity index (χ4v) is 4.24. The Morgan fingerprint density at radius 3 is 2.55 bits per heavy atom. The molecule has 0 bridgehead atoms. The van der Waals surface area contributed by atoms with Crippen LogP contribution in [0.2, 0.25) is 0 Å². The highest BCUT2D eigenvalue weighted by molar-refractivity contribution is 5.88. The fourth-order valence-electron chi connectivity index (χ4n) is 4.24. The molecule has 0 spiro atoms. The molecule has 2 aromatic heterocycles. The Kier molecular flexibility index (Phi) is 5.06. The van der Waals surface area contributed by atoms with Gasteiger partial charge in [0.15, 0.2) is 5.65 Å². The van der Waals surface area contributed by atoms with Crippen molar-refractivity contribution in [2.45, 2.75) is 44.8 Å². The Labute approximate surface area is 170 Å². The van der Waals surface area contributed by atoms with Gasteiger partial charge in [-0.2, -0.15) is 4.98 Å². The van der Waals surface area contributed by atoms with Crippen molar-refractivity contribution in [3.63, 3.8) is 0 Å². The van der Waals surface area contributed by atoms with Crippen LogP contribution in [0.1, 0.15) is 44.8 Å². The van der Waals surface area contributed by atoms with Gasteiger partial charge in [0.2, 0.25) is 5.95 Å². The molecule has 0 saturated carbocycles. The number of hydrogen-bond acceptors (Lipinski definition) is 6. The second-order valence-electron chi connectivity index (χ2n) is 7.79. The zero-order chi connectivity index (χ0) is 19.6. The van der Waals surface area contributed by atoms with Crippen molar-refractivity contribution in [1.29, 1.82) is 0 Å². The van der Waals surface area contributed by atoms with Crippen LogP contribution in [0.15, 0.2) is 30.6 Å². The summed E-state index contributed by atoms with van der Waals surface area (Å²) in [6.07, 6.45) is 8.79. The van der Waals surface area contributed by atoms with Crippen molar-refractivity contribution < 1.29 is 9.47 Å². The summed E-state index contributed by atoms with van der Waals surface area (Å²) in [7, 11) is 1.68. The highest BCUT2D eigenvalue weighted by Gasteiger charge is 2.23. The predicted octanol–water partition coefficient (Wildman–Crippen LogP) is 4.19. The van der Waals surface area contributed by atoms with Crippen LogP contribution in [0.25, 0.3) is 22.4 Å². The smallest absolute Gasteiger partial charge is 0.228 e. The molecule has 2 aliphatic rings. The normalized spacial score (nSPS) is 20.2. The van der Waals surface area contributed by atoms with E-state index >= 15 is 0 Å². The third-order valence-electron chi connectivity index (χ3n) is 5.88. The molecule has 5 rings (SSSR count). The molecule has 2 aliphatic heterocycles. The molecule has 7 nitrogen and oxygen atoms in total. The maximum absolute atomic E-state index is 6.02. The van der Waals surface area contributed by atoms with Crippen molar-refractivity contribution in [1.82, 2.24) is 19.5 Å². The minimum Gasteiger partial charge on any atom is -0.497 e. The molecule has 7 heteroatoms. The number of aromatic nitrogens is 4. The lowest BCUT2D eigenvalue weighted by Gasteiger charge is -2.27. The molecule has 0 amide bonds. The Balaban J connectivity index is 1.64. The van der Waals surface area contributed by atoms with Crippen LogP contribution in [0.4, 0.5) is 5.95 Å². The van der Waals surface area contributed by atoms with Crippen molar-refractivity contribution in [2.24, 2.45) is 0 Å². The van der Waals surface area contributed by atoms with E-state index in [0.29, 0.717) is 0 Å². The van der Waals surface area contributed by atoms with Gasteiger partial charge in [0.05, 0.1) is 13.4 Å². The zero-order valence-corrected chi connectivity index (χ0v) is 16.9. The van der Waals surface area contributed by atoms with Gasteiger partial charge < -0.3 is 14.4 Å². The van der Waals surface area contributed by atoms with Gasteiger partial charge in [-0.3, -0.25) is 4.57 Å². The first-order chi connectivity index (χ1) is 14.3. The monoisotopic (exact) mass is 393 g/mol. The van der Waals surface area contributed by atoms with Crippen molar-refractivity contribution in [2.75, 3.05) is 31.7 Å². The van der Waals surface area contributed by atoms with Gasteiger partial charge in [0.1, 0.15) is 23.2 Å². The van der Waals surface area contributed by atoms with E-state index in [1.54, 1.807) is 7.11 Å². The summed E-state index contributed by atoms with van der Waals surface area (Å²) < 4.78 is 13.4. The summed E-state index contributed by atoms with van der Waals surface area (Å²) in [5.41, 5.74) is 3.57. The van der Waals surface area contributed by atoms with E-state index in [4.69, 9.17) is 24.4 Å². The Morgan fingerprint density at radius 1 is 1.00 bits per heavy atom. The maximum Gasteiger partial charge on any atom is 0.228 e. The van der Waals surface area contributed by atoms with E-state index < -0.39 is 0 Å². The molecule has 29 heavy (non-hydrogen) atoms. The van der Waals surface area contributed by atoms with Crippen LogP contribution >= 0.6 is 0 Å². The number of methoxy groups -OCH3 is 1.